The number of carbonyl (C=O) groups excluding carboxylic acids is 1. The number of carbonyl (C=O) groups is 1. The third-order valence-corrected chi connectivity index (χ3v) is 4.00. The molecule has 0 unspecified atom stereocenters. The van der Waals surface area contributed by atoms with E-state index in [2.05, 4.69) is 21.2 Å². The summed E-state index contributed by atoms with van der Waals surface area (Å²) in [5.41, 5.74) is -1.11. The summed E-state index contributed by atoms with van der Waals surface area (Å²) in [5.74, 6) is 0.179. The van der Waals surface area contributed by atoms with Crippen LogP contribution in [-0.4, -0.2) is 37.6 Å². The standard InChI is InChI=1S/C18H18BrF3N2O2/c1-24(10-11-26-14-8-6-13(19)7-9-14)12-17(25)23-16-5-3-2-4-15(16)18(20,21)22/h2-9H,10-12H2,1H3,(H,23,25). The Hall–Kier alpha value is -2.06. The van der Waals surface area contributed by atoms with Crippen molar-refractivity contribution in [3.05, 3.63) is 58.6 Å². The Kier molecular flexibility index (Phi) is 7.05. The predicted octanol–water partition coefficient (Wildman–Crippen LogP) is 4.42. The molecule has 0 aliphatic heterocycles. The van der Waals surface area contributed by atoms with Gasteiger partial charge in [0.25, 0.3) is 0 Å². The minimum atomic E-state index is -4.52. The Morgan fingerprint density at radius 3 is 2.46 bits per heavy atom. The average Bonchev–Trinajstić information content (AvgIpc) is 2.56. The minimum absolute atomic E-state index is 0.0457. The highest BCUT2D eigenvalue weighted by atomic mass is 79.9. The van der Waals surface area contributed by atoms with Crippen LogP contribution in [0.4, 0.5) is 18.9 Å². The first kappa shape index (κ1) is 20.3. The SMILES string of the molecule is CN(CCOc1ccc(Br)cc1)CC(=O)Nc1ccccc1C(F)(F)F. The normalized spacial score (nSPS) is 11.5. The van der Waals surface area contributed by atoms with Crippen LogP contribution >= 0.6 is 15.9 Å². The van der Waals surface area contributed by atoms with Crippen molar-refractivity contribution in [3.8, 4) is 5.75 Å². The van der Waals surface area contributed by atoms with Crippen LogP contribution in [0.3, 0.4) is 0 Å². The van der Waals surface area contributed by atoms with Crippen molar-refractivity contribution in [2.45, 2.75) is 6.18 Å². The number of halogens is 4. The minimum Gasteiger partial charge on any atom is -0.492 e. The molecule has 0 aliphatic carbocycles. The zero-order chi connectivity index (χ0) is 19.2. The molecule has 4 nitrogen and oxygen atoms in total. The van der Waals surface area contributed by atoms with Gasteiger partial charge in [-0.1, -0.05) is 28.1 Å². The second-order valence-electron chi connectivity index (χ2n) is 5.63. The third-order valence-electron chi connectivity index (χ3n) is 3.48. The zero-order valence-corrected chi connectivity index (χ0v) is 15.6. The Bertz CT molecular complexity index is 736. The van der Waals surface area contributed by atoms with E-state index in [1.807, 2.05) is 24.3 Å². The fourth-order valence-corrected chi connectivity index (χ4v) is 2.47. The van der Waals surface area contributed by atoms with Crippen molar-refractivity contribution in [1.29, 1.82) is 0 Å². The third kappa shape index (κ3) is 6.34. The number of para-hydroxylation sites is 1. The number of nitrogens with zero attached hydrogens (tertiary/aromatic N) is 1. The van der Waals surface area contributed by atoms with Gasteiger partial charge >= 0.3 is 6.18 Å². The van der Waals surface area contributed by atoms with Gasteiger partial charge in [-0.3, -0.25) is 9.69 Å². The number of nitrogens with one attached hydrogen (secondary N) is 1. The lowest BCUT2D eigenvalue weighted by molar-refractivity contribution is -0.137. The molecule has 2 aromatic rings. The Labute approximate surface area is 158 Å². The second-order valence-corrected chi connectivity index (χ2v) is 6.55. The van der Waals surface area contributed by atoms with E-state index in [9.17, 15) is 18.0 Å². The van der Waals surface area contributed by atoms with Gasteiger partial charge in [0.1, 0.15) is 12.4 Å². The molecule has 0 atom stereocenters. The molecular weight excluding hydrogens is 413 g/mol. The largest absolute Gasteiger partial charge is 0.492 e. The van der Waals surface area contributed by atoms with Gasteiger partial charge in [0.05, 0.1) is 17.8 Å². The van der Waals surface area contributed by atoms with Crippen LogP contribution in [0.1, 0.15) is 5.56 Å². The van der Waals surface area contributed by atoms with Gasteiger partial charge in [-0.15, -0.1) is 0 Å². The molecule has 8 heteroatoms. The van der Waals surface area contributed by atoms with Gasteiger partial charge in [0.2, 0.25) is 5.91 Å². The Morgan fingerprint density at radius 1 is 1.15 bits per heavy atom. The van der Waals surface area contributed by atoms with Crippen LogP contribution < -0.4 is 10.1 Å². The summed E-state index contributed by atoms with van der Waals surface area (Å²) >= 11 is 3.33. The molecule has 0 saturated heterocycles. The van der Waals surface area contributed by atoms with Gasteiger partial charge < -0.3 is 10.1 Å². The van der Waals surface area contributed by atoms with Crippen LogP contribution in [-0.2, 0) is 11.0 Å². The molecule has 140 valence electrons. The van der Waals surface area contributed by atoms with Crippen LogP contribution in [0, 0.1) is 0 Å². The lowest BCUT2D eigenvalue weighted by atomic mass is 10.1. The first-order valence-electron chi connectivity index (χ1n) is 7.78. The van der Waals surface area contributed by atoms with Crippen molar-refractivity contribution < 1.29 is 22.7 Å². The highest BCUT2D eigenvalue weighted by Gasteiger charge is 2.33. The summed E-state index contributed by atoms with van der Waals surface area (Å²) in [4.78, 5) is 13.7. The number of benzene rings is 2. The van der Waals surface area contributed by atoms with Gasteiger partial charge in [-0.05, 0) is 43.4 Å². The number of hydrogen-bond acceptors (Lipinski definition) is 3. The van der Waals surface area contributed by atoms with E-state index in [4.69, 9.17) is 4.74 Å². The molecule has 26 heavy (non-hydrogen) atoms. The molecule has 0 aliphatic rings. The molecule has 0 radical (unpaired) electrons. The van der Waals surface area contributed by atoms with E-state index >= 15 is 0 Å². The molecule has 0 fully saturated rings. The van der Waals surface area contributed by atoms with Gasteiger partial charge in [0.15, 0.2) is 0 Å². The molecule has 1 amide bonds. The van der Waals surface area contributed by atoms with Crippen molar-refractivity contribution in [2.75, 3.05) is 32.1 Å². The maximum atomic E-state index is 12.9. The topological polar surface area (TPSA) is 41.6 Å². The molecule has 1 N–H and O–H groups in total. The van der Waals surface area contributed by atoms with Crippen LogP contribution in [0.2, 0.25) is 0 Å². The molecular formula is C18H18BrF3N2O2. The molecule has 0 saturated carbocycles. The Morgan fingerprint density at radius 2 is 1.81 bits per heavy atom. The maximum absolute atomic E-state index is 12.9. The number of anilines is 1. The van der Waals surface area contributed by atoms with Crippen molar-refractivity contribution >= 4 is 27.5 Å². The first-order valence-corrected chi connectivity index (χ1v) is 8.58. The Balaban J connectivity index is 1.81. The smallest absolute Gasteiger partial charge is 0.418 e. The van der Waals surface area contributed by atoms with Crippen molar-refractivity contribution in [1.82, 2.24) is 4.90 Å². The summed E-state index contributed by atoms with van der Waals surface area (Å²) in [6.45, 7) is 0.755. The maximum Gasteiger partial charge on any atom is 0.418 e. The van der Waals surface area contributed by atoms with Gasteiger partial charge in [0, 0.05) is 11.0 Å². The van der Waals surface area contributed by atoms with E-state index in [0.29, 0.717) is 18.9 Å². The van der Waals surface area contributed by atoms with Crippen molar-refractivity contribution in [3.63, 3.8) is 0 Å². The van der Waals surface area contributed by atoms with E-state index in [1.54, 1.807) is 11.9 Å². The number of ether oxygens (including phenoxy) is 1. The number of hydrogen-bond donors (Lipinski definition) is 1. The predicted molar refractivity (Wildman–Crippen MR) is 97.2 cm³/mol. The number of rotatable bonds is 7. The van der Waals surface area contributed by atoms with E-state index in [1.165, 1.54) is 18.2 Å². The molecule has 0 bridgehead atoms. The summed E-state index contributed by atoms with van der Waals surface area (Å²) in [7, 11) is 1.69. The highest BCUT2D eigenvalue weighted by Crippen LogP contribution is 2.34. The first-order chi connectivity index (χ1) is 12.3. The molecule has 0 heterocycles. The summed E-state index contributed by atoms with van der Waals surface area (Å²) < 4.78 is 45.3. The molecule has 0 aromatic heterocycles. The monoisotopic (exact) mass is 430 g/mol. The molecule has 2 rings (SSSR count). The van der Waals surface area contributed by atoms with E-state index < -0.39 is 17.6 Å². The average molecular weight is 431 g/mol. The fourth-order valence-electron chi connectivity index (χ4n) is 2.20. The molecule has 0 spiro atoms. The summed E-state index contributed by atoms with van der Waals surface area (Å²) in [5, 5.41) is 2.32. The van der Waals surface area contributed by atoms with E-state index in [-0.39, 0.29) is 12.2 Å². The van der Waals surface area contributed by atoms with Crippen LogP contribution in [0.25, 0.3) is 0 Å². The number of amides is 1. The second kappa shape index (κ2) is 9.05. The lowest BCUT2D eigenvalue weighted by Gasteiger charge is -2.18. The van der Waals surface area contributed by atoms with Crippen LogP contribution in [0.15, 0.2) is 53.0 Å². The van der Waals surface area contributed by atoms with Crippen molar-refractivity contribution in [2.24, 2.45) is 0 Å². The summed E-state index contributed by atoms with van der Waals surface area (Å²) in [6.07, 6.45) is -4.52. The summed E-state index contributed by atoms with van der Waals surface area (Å²) in [6, 6.07) is 12.2. The van der Waals surface area contributed by atoms with E-state index in [0.717, 1.165) is 10.5 Å². The fraction of sp³-hybridized carbons (Fsp3) is 0.278. The molecule has 2 aromatic carbocycles. The lowest BCUT2D eigenvalue weighted by Crippen LogP contribution is -2.33. The zero-order valence-electron chi connectivity index (χ0n) is 14.0. The van der Waals surface area contributed by atoms with Gasteiger partial charge in [-0.25, -0.2) is 0 Å². The van der Waals surface area contributed by atoms with Crippen LogP contribution in [0.5, 0.6) is 5.75 Å². The number of alkyl halides is 3. The highest BCUT2D eigenvalue weighted by molar-refractivity contribution is 9.10. The van der Waals surface area contributed by atoms with Gasteiger partial charge in [-0.2, -0.15) is 13.2 Å². The number of likely N-dealkylation sites (N-methyl/N-ethyl adjacent to an activating group) is 1. The quantitative estimate of drug-likeness (QED) is 0.706.